The van der Waals surface area contributed by atoms with Crippen molar-refractivity contribution in [3.63, 3.8) is 0 Å². The lowest BCUT2D eigenvalue weighted by Gasteiger charge is -2.16. The van der Waals surface area contributed by atoms with Gasteiger partial charge >= 0.3 is 11.9 Å². The van der Waals surface area contributed by atoms with Crippen LogP contribution in [0.4, 0.5) is 11.4 Å². The van der Waals surface area contributed by atoms with E-state index in [-0.39, 0.29) is 17.0 Å². The van der Waals surface area contributed by atoms with Crippen LogP contribution >= 0.6 is 27.7 Å². The van der Waals surface area contributed by atoms with Crippen LogP contribution in [-0.4, -0.2) is 38.9 Å². The Morgan fingerprint density at radius 2 is 1.96 bits per heavy atom. The summed E-state index contributed by atoms with van der Waals surface area (Å²) in [6.07, 6.45) is 0. The van der Waals surface area contributed by atoms with Gasteiger partial charge in [-0.1, -0.05) is 28.1 Å². The van der Waals surface area contributed by atoms with Gasteiger partial charge in [0.1, 0.15) is 11.7 Å². The molecule has 0 aliphatic heterocycles. The number of benzene rings is 2. The molecule has 1 atom stereocenters. The topological polar surface area (TPSA) is 130 Å². The number of nitro groups is 1. The summed E-state index contributed by atoms with van der Waals surface area (Å²) in [6, 6.07) is 9.81. The van der Waals surface area contributed by atoms with Crippen molar-refractivity contribution in [2.24, 2.45) is 0 Å². The van der Waals surface area contributed by atoms with E-state index in [1.807, 2.05) is 24.3 Å². The summed E-state index contributed by atoms with van der Waals surface area (Å²) in [4.78, 5) is 32.9. The minimum absolute atomic E-state index is 0.0412. The maximum Gasteiger partial charge on any atom is 0.335 e. The zero-order chi connectivity index (χ0) is 20.0. The molecule has 0 saturated heterocycles. The number of carboxylic acids is 2. The van der Waals surface area contributed by atoms with Crippen molar-refractivity contribution in [3.8, 4) is 0 Å². The van der Waals surface area contributed by atoms with Gasteiger partial charge in [-0.05, 0) is 29.8 Å². The van der Waals surface area contributed by atoms with Gasteiger partial charge in [-0.25, -0.2) is 9.59 Å². The third-order valence-corrected chi connectivity index (χ3v) is 5.11. The summed E-state index contributed by atoms with van der Waals surface area (Å²) in [5, 5.41) is 32.2. The first-order valence-corrected chi connectivity index (χ1v) is 9.56. The van der Waals surface area contributed by atoms with E-state index >= 15 is 0 Å². The van der Waals surface area contributed by atoms with E-state index < -0.39 is 28.6 Å². The van der Waals surface area contributed by atoms with E-state index in [4.69, 9.17) is 5.11 Å². The zero-order valence-electron chi connectivity index (χ0n) is 13.8. The Kier molecular flexibility index (Phi) is 7.19. The highest BCUT2D eigenvalue weighted by Gasteiger charge is 2.23. The molecule has 0 radical (unpaired) electrons. The first kappa shape index (κ1) is 20.7. The molecule has 0 saturated carbocycles. The lowest BCUT2D eigenvalue weighted by Crippen LogP contribution is -2.32. The standard InChI is InChI=1S/C17H15BrN2O6S/c18-12-3-1-2-10(6-12)8-27-9-14(17(23)24)19-13-5-4-11(16(21)22)7-15(13)20(25)26/h1-7,14,19H,8-9H2,(H,21,22)(H,23,24). The molecule has 27 heavy (non-hydrogen) atoms. The van der Waals surface area contributed by atoms with Crippen LogP contribution < -0.4 is 5.32 Å². The molecule has 0 spiro atoms. The average Bonchev–Trinajstić information content (AvgIpc) is 2.60. The second-order valence-electron chi connectivity index (χ2n) is 5.47. The summed E-state index contributed by atoms with van der Waals surface area (Å²) in [7, 11) is 0. The van der Waals surface area contributed by atoms with Gasteiger partial charge in [-0.3, -0.25) is 10.1 Å². The highest BCUT2D eigenvalue weighted by molar-refractivity contribution is 9.10. The molecule has 0 bridgehead atoms. The van der Waals surface area contributed by atoms with Crippen LogP contribution in [0.3, 0.4) is 0 Å². The van der Waals surface area contributed by atoms with Gasteiger partial charge in [0.25, 0.3) is 5.69 Å². The fraction of sp³-hybridized carbons (Fsp3) is 0.176. The van der Waals surface area contributed by atoms with Crippen LogP contribution in [0.5, 0.6) is 0 Å². The second-order valence-corrected chi connectivity index (χ2v) is 7.42. The maximum absolute atomic E-state index is 11.5. The molecular formula is C17H15BrN2O6S. The molecular weight excluding hydrogens is 440 g/mol. The monoisotopic (exact) mass is 454 g/mol. The van der Waals surface area contributed by atoms with E-state index in [0.717, 1.165) is 16.1 Å². The molecule has 2 aromatic carbocycles. The van der Waals surface area contributed by atoms with Gasteiger partial charge in [-0.2, -0.15) is 11.8 Å². The molecule has 0 fully saturated rings. The number of aliphatic carboxylic acids is 1. The van der Waals surface area contributed by atoms with Crippen molar-refractivity contribution in [2.45, 2.75) is 11.8 Å². The highest BCUT2D eigenvalue weighted by Crippen LogP contribution is 2.27. The molecule has 142 valence electrons. The molecule has 0 aliphatic carbocycles. The molecule has 3 N–H and O–H groups in total. The number of hydrogen-bond acceptors (Lipinski definition) is 6. The van der Waals surface area contributed by atoms with Gasteiger partial charge in [0.2, 0.25) is 0 Å². The predicted octanol–water partition coefficient (Wildman–Crippen LogP) is 3.85. The fourth-order valence-corrected chi connectivity index (χ4v) is 3.66. The number of carbonyl (C=O) groups is 2. The molecule has 0 amide bonds. The van der Waals surface area contributed by atoms with E-state index in [2.05, 4.69) is 21.2 Å². The number of rotatable bonds is 9. The highest BCUT2D eigenvalue weighted by atomic mass is 79.9. The molecule has 10 heteroatoms. The van der Waals surface area contributed by atoms with Crippen molar-refractivity contribution >= 4 is 51.0 Å². The number of hydrogen-bond donors (Lipinski definition) is 3. The number of aromatic carboxylic acids is 1. The summed E-state index contributed by atoms with van der Waals surface area (Å²) >= 11 is 4.73. The quantitative estimate of drug-likeness (QED) is 0.384. The average molecular weight is 455 g/mol. The fourth-order valence-electron chi connectivity index (χ4n) is 2.22. The number of halogens is 1. The minimum atomic E-state index is -1.30. The van der Waals surface area contributed by atoms with Crippen molar-refractivity contribution in [2.75, 3.05) is 11.1 Å². The number of thioether (sulfide) groups is 1. The molecule has 0 aromatic heterocycles. The lowest BCUT2D eigenvalue weighted by molar-refractivity contribution is -0.384. The normalized spacial score (nSPS) is 11.6. The van der Waals surface area contributed by atoms with Crippen LogP contribution in [0.15, 0.2) is 46.9 Å². The Hall–Kier alpha value is -2.59. The Balaban J connectivity index is 2.10. The third kappa shape index (κ3) is 5.97. The second kappa shape index (κ2) is 9.38. The number of nitrogens with one attached hydrogen (secondary N) is 1. The first-order valence-electron chi connectivity index (χ1n) is 7.61. The van der Waals surface area contributed by atoms with Crippen molar-refractivity contribution in [1.29, 1.82) is 0 Å². The van der Waals surface area contributed by atoms with Crippen LogP contribution in [0.2, 0.25) is 0 Å². The SMILES string of the molecule is O=C(O)c1ccc(NC(CSCc2cccc(Br)c2)C(=O)O)c([N+](=O)[O-])c1. The molecule has 2 aromatic rings. The number of nitrogens with zero attached hydrogens (tertiary/aromatic N) is 1. The summed E-state index contributed by atoms with van der Waals surface area (Å²) < 4.78 is 0.919. The first-order chi connectivity index (χ1) is 12.8. The Bertz CT molecular complexity index is 876. The van der Waals surface area contributed by atoms with E-state index in [0.29, 0.717) is 5.75 Å². The number of anilines is 1. The van der Waals surface area contributed by atoms with Gasteiger partial charge in [0.05, 0.1) is 10.5 Å². The van der Waals surface area contributed by atoms with Crippen LogP contribution in [-0.2, 0) is 10.5 Å². The summed E-state index contributed by atoms with van der Waals surface area (Å²) in [5.41, 5.74) is 0.233. The van der Waals surface area contributed by atoms with Gasteiger partial charge in [0.15, 0.2) is 0 Å². The largest absolute Gasteiger partial charge is 0.480 e. The molecule has 1 unspecified atom stereocenters. The Morgan fingerprint density at radius 3 is 2.56 bits per heavy atom. The number of nitro benzene ring substituents is 1. The Morgan fingerprint density at radius 1 is 1.22 bits per heavy atom. The number of carboxylic acid groups (broad SMARTS) is 2. The molecule has 0 aliphatic rings. The van der Waals surface area contributed by atoms with Gasteiger partial charge in [-0.15, -0.1) is 0 Å². The minimum Gasteiger partial charge on any atom is -0.480 e. The van der Waals surface area contributed by atoms with E-state index in [1.54, 1.807) is 0 Å². The third-order valence-electron chi connectivity index (χ3n) is 3.51. The van der Waals surface area contributed by atoms with Gasteiger partial charge in [0, 0.05) is 22.0 Å². The zero-order valence-corrected chi connectivity index (χ0v) is 16.2. The molecule has 2 rings (SSSR count). The van der Waals surface area contributed by atoms with E-state index in [9.17, 15) is 24.8 Å². The van der Waals surface area contributed by atoms with Crippen molar-refractivity contribution in [3.05, 3.63) is 68.2 Å². The maximum atomic E-state index is 11.5. The summed E-state index contributed by atoms with van der Waals surface area (Å²) in [6.45, 7) is 0. The van der Waals surface area contributed by atoms with Gasteiger partial charge < -0.3 is 15.5 Å². The van der Waals surface area contributed by atoms with Crippen molar-refractivity contribution < 1.29 is 24.7 Å². The summed E-state index contributed by atoms with van der Waals surface area (Å²) in [5.74, 6) is -1.72. The molecule has 0 heterocycles. The van der Waals surface area contributed by atoms with Crippen LogP contribution in [0, 0.1) is 10.1 Å². The predicted molar refractivity (Wildman–Crippen MR) is 105 cm³/mol. The van der Waals surface area contributed by atoms with Crippen LogP contribution in [0.25, 0.3) is 0 Å². The van der Waals surface area contributed by atoms with E-state index in [1.165, 1.54) is 23.9 Å². The lowest BCUT2D eigenvalue weighted by atomic mass is 10.1. The smallest absolute Gasteiger partial charge is 0.335 e. The Labute approximate surface area is 166 Å². The van der Waals surface area contributed by atoms with Crippen molar-refractivity contribution in [1.82, 2.24) is 0 Å². The van der Waals surface area contributed by atoms with Crippen LogP contribution in [0.1, 0.15) is 15.9 Å². The molecule has 8 nitrogen and oxygen atoms in total.